The minimum absolute atomic E-state index is 0.118. The quantitative estimate of drug-likeness (QED) is 0.767. The molecule has 18 heavy (non-hydrogen) atoms. The zero-order valence-electron chi connectivity index (χ0n) is 13.4. The van der Waals surface area contributed by atoms with Gasteiger partial charge in [-0.1, -0.05) is 34.6 Å². The van der Waals surface area contributed by atoms with Gasteiger partial charge >= 0.3 is 5.97 Å². The molecule has 0 saturated heterocycles. The zero-order valence-corrected chi connectivity index (χ0v) is 13.4. The van der Waals surface area contributed by atoms with Gasteiger partial charge in [-0.2, -0.15) is 0 Å². The summed E-state index contributed by atoms with van der Waals surface area (Å²) in [6.07, 6.45) is 1.45. The Morgan fingerprint density at radius 2 is 1.56 bits per heavy atom. The van der Waals surface area contributed by atoms with Crippen molar-refractivity contribution in [2.24, 2.45) is 17.1 Å². The van der Waals surface area contributed by atoms with E-state index in [1.165, 1.54) is 0 Å². The van der Waals surface area contributed by atoms with Gasteiger partial charge in [-0.15, -0.1) is 0 Å². The third kappa shape index (κ3) is 7.00. The molecule has 0 aromatic rings. The van der Waals surface area contributed by atoms with Crippen LogP contribution >= 0.6 is 0 Å². The summed E-state index contributed by atoms with van der Waals surface area (Å²) in [5.41, 5.74) is 4.80. The molecule has 0 aliphatic heterocycles. The van der Waals surface area contributed by atoms with Crippen LogP contribution in [0, 0.1) is 11.3 Å². The number of hydrogen-bond acceptors (Lipinski definition) is 3. The summed E-state index contributed by atoms with van der Waals surface area (Å²) >= 11 is 0. The predicted molar refractivity (Wildman–Crippen MR) is 76.3 cm³/mol. The second-order valence-corrected chi connectivity index (χ2v) is 7.90. The van der Waals surface area contributed by atoms with E-state index in [1.807, 2.05) is 13.8 Å². The van der Waals surface area contributed by atoms with Gasteiger partial charge < -0.3 is 10.5 Å². The van der Waals surface area contributed by atoms with Gasteiger partial charge in [0.2, 0.25) is 0 Å². The summed E-state index contributed by atoms with van der Waals surface area (Å²) in [5.74, 6) is 0.0729. The van der Waals surface area contributed by atoms with E-state index in [0.717, 1.165) is 6.42 Å². The second kappa shape index (κ2) is 5.60. The number of ether oxygens (including phenoxy) is 1. The van der Waals surface area contributed by atoms with Crippen molar-refractivity contribution in [2.45, 2.75) is 79.4 Å². The van der Waals surface area contributed by atoms with Crippen molar-refractivity contribution in [2.75, 3.05) is 0 Å². The molecular formula is C15H31NO2. The Hall–Kier alpha value is -0.570. The van der Waals surface area contributed by atoms with E-state index < -0.39 is 11.1 Å². The number of carbonyl (C=O) groups is 1. The Morgan fingerprint density at radius 1 is 1.11 bits per heavy atom. The van der Waals surface area contributed by atoms with E-state index in [2.05, 4.69) is 34.6 Å². The van der Waals surface area contributed by atoms with Crippen LogP contribution in [0.15, 0.2) is 0 Å². The Balaban J connectivity index is 4.64. The first kappa shape index (κ1) is 17.4. The van der Waals surface area contributed by atoms with Crippen LogP contribution in [0.2, 0.25) is 0 Å². The fourth-order valence-corrected chi connectivity index (χ4v) is 2.61. The Kier molecular flexibility index (Phi) is 5.42. The van der Waals surface area contributed by atoms with E-state index in [-0.39, 0.29) is 11.4 Å². The minimum Gasteiger partial charge on any atom is -0.458 e. The molecular weight excluding hydrogens is 226 g/mol. The smallest absolute Gasteiger partial charge is 0.326 e. The van der Waals surface area contributed by atoms with Gasteiger partial charge in [-0.3, -0.25) is 4.79 Å². The maximum Gasteiger partial charge on any atom is 0.326 e. The van der Waals surface area contributed by atoms with Crippen molar-refractivity contribution in [1.29, 1.82) is 0 Å². The number of carbonyl (C=O) groups excluding carboxylic acids is 1. The van der Waals surface area contributed by atoms with E-state index in [4.69, 9.17) is 10.5 Å². The fourth-order valence-electron chi connectivity index (χ4n) is 2.61. The Morgan fingerprint density at radius 3 is 1.89 bits per heavy atom. The molecule has 1 unspecified atom stereocenters. The van der Waals surface area contributed by atoms with Gasteiger partial charge in [0.05, 0.1) is 0 Å². The first-order chi connectivity index (χ1) is 7.75. The number of rotatable bonds is 5. The van der Waals surface area contributed by atoms with E-state index in [9.17, 15) is 4.79 Å². The van der Waals surface area contributed by atoms with Crippen LogP contribution < -0.4 is 5.73 Å². The Bertz CT molecular complexity index is 285. The maximum absolute atomic E-state index is 12.2. The molecule has 0 bridgehead atoms. The van der Waals surface area contributed by atoms with Gasteiger partial charge in [0.1, 0.15) is 11.1 Å². The highest BCUT2D eigenvalue weighted by Gasteiger charge is 2.36. The molecule has 0 aromatic carbocycles. The molecule has 108 valence electrons. The van der Waals surface area contributed by atoms with Gasteiger partial charge in [0.15, 0.2) is 0 Å². The van der Waals surface area contributed by atoms with Crippen LogP contribution in [0.3, 0.4) is 0 Å². The SMILES string of the molecule is CC(C)CC(C)(N)C(=O)OC(C)(C)CC(C)(C)C. The van der Waals surface area contributed by atoms with Crippen LogP contribution in [-0.4, -0.2) is 17.1 Å². The van der Waals surface area contributed by atoms with E-state index in [1.54, 1.807) is 6.92 Å². The van der Waals surface area contributed by atoms with Gasteiger partial charge in [-0.05, 0) is 44.9 Å². The monoisotopic (exact) mass is 257 g/mol. The average Bonchev–Trinajstić information content (AvgIpc) is 1.93. The molecule has 0 aromatic heterocycles. The predicted octanol–water partition coefficient (Wildman–Crippen LogP) is 3.51. The standard InChI is InChI=1S/C15H31NO2/c1-11(2)9-15(8,16)12(17)18-14(6,7)10-13(3,4)5/h11H,9-10,16H2,1-8H3. The molecule has 0 rings (SSSR count). The lowest BCUT2D eigenvalue weighted by molar-refractivity contribution is -0.165. The highest BCUT2D eigenvalue weighted by Crippen LogP contribution is 2.30. The average molecular weight is 257 g/mol. The summed E-state index contributed by atoms with van der Waals surface area (Å²) in [6.45, 7) is 16.2. The number of hydrogen-bond donors (Lipinski definition) is 1. The molecule has 3 heteroatoms. The highest BCUT2D eigenvalue weighted by atomic mass is 16.6. The number of esters is 1. The molecule has 0 amide bonds. The van der Waals surface area contributed by atoms with E-state index in [0.29, 0.717) is 12.3 Å². The number of nitrogens with two attached hydrogens (primary N) is 1. The van der Waals surface area contributed by atoms with Gasteiger partial charge in [-0.25, -0.2) is 0 Å². The summed E-state index contributed by atoms with van der Waals surface area (Å²) in [6, 6.07) is 0. The molecule has 0 spiro atoms. The molecule has 1 atom stereocenters. The molecule has 0 saturated carbocycles. The van der Waals surface area contributed by atoms with Gasteiger partial charge in [0, 0.05) is 0 Å². The van der Waals surface area contributed by atoms with Crippen molar-refractivity contribution in [1.82, 2.24) is 0 Å². The molecule has 3 nitrogen and oxygen atoms in total. The van der Waals surface area contributed by atoms with Crippen molar-refractivity contribution in [3.63, 3.8) is 0 Å². The van der Waals surface area contributed by atoms with Crippen molar-refractivity contribution < 1.29 is 9.53 Å². The third-order valence-electron chi connectivity index (χ3n) is 2.62. The summed E-state index contributed by atoms with van der Waals surface area (Å²) in [4.78, 5) is 12.2. The molecule has 2 N–H and O–H groups in total. The van der Waals surface area contributed by atoms with Crippen LogP contribution in [0.1, 0.15) is 68.2 Å². The maximum atomic E-state index is 12.2. The Labute approximate surface area is 112 Å². The first-order valence-electron chi connectivity index (χ1n) is 6.77. The largest absolute Gasteiger partial charge is 0.458 e. The second-order valence-electron chi connectivity index (χ2n) is 7.90. The van der Waals surface area contributed by atoms with Crippen molar-refractivity contribution >= 4 is 5.97 Å². The minimum atomic E-state index is -0.899. The summed E-state index contributed by atoms with van der Waals surface area (Å²) in [7, 11) is 0. The molecule has 0 radical (unpaired) electrons. The lowest BCUT2D eigenvalue weighted by Gasteiger charge is -2.35. The van der Waals surface area contributed by atoms with Gasteiger partial charge in [0.25, 0.3) is 0 Å². The van der Waals surface area contributed by atoms with Crippen molar-refractivity contribution in [3.05, 3.63) is 0 Å². The normalized spacial score (nSPS) is 16.6. The van der Waals surface area contributed by atoms with Crippen LogP contribution in [-0.2, 0) is 9.53 Å². The summed E-state index contributed by atoms with van der Waals surface area (Å²) in [5, 5.41) is 0. The van der Waals surface area contributed by atoms with Crippen molar-refractivity contribution in [3.8, 4) is 0 Å². The molecule has 0 heterocycles. The fraction of sp³-hybridized carbons (Fsp3) is 0.933. The molecule has 0 aliphatic carbocycles. The lowest BCUT2D eigenvalue weighted by atomic mass is 9.83. The third-order valence-corrected chi connectivity index (χ3v) is 2.62. The van der Waals surface area contributed by atoms with Crippen LogP contribution in [0.5, 0.6) is 0 Å². The highest BCUT2D eigenvalue weighted by molar-refractivity contribution is 5.80. The lowest BCUT2D eigenvalue weighted by Crippen LogP contribution is -2.50. The summed E-state index contributed by atoms with van der Waals surface area (Å²) < 4.78 is 5.62. The van der Waals surface area contributed by atoms with Crippen LogP contribution in [0.4, 0.5) is 0 Å². The van der Waals surface area contributed by atoms with Crippen LogP contribution in [0.25, 0.3) is 0 Å². The molecule has 0 aliphatic rings. The first-order valence-corrected chi connectivity index (χ1v) is 6.77. The molecule has 0 fully saturated rings. The van der Waals surface area contributed by atoms with E-state index >= 15 is 0 Å². The topological polar surface area (TPSA) is 52.3 Å². The zero-order chi connectivity index (χ0) is 14.8.